The first-order chi connectivity index (χ1) is 12.8. The quantitative estimate of drug-likeness (QED) is 0.616. The molecule has 3 N–H and O–H groups in total. The summed E-state index contributed by atoms with van der Waals surface area (Å²) >= 11 is 1.29. The van der Waals surface area contributed by atoms with Crippen molar-refractivity contribution in [3.05, 3.63) is 66.5 Å². The van der Waals surface area contributed by atoms with Crippen LogP contribution in [0.2, 0.25) is 0 Å². The maximum absolute atomic E-state index is 12.2. The molecule has 3 rings (SSSR count). The molecule has 1 amide bonds. The Morgan fingerprint density at radius 2 is 2.00 bits per heavy atom. The minimum Gasteiger partial charge on any atom is -0.325 e. The summed E-state index contributed by atoms with van der Waals surface area (Å²) in [5, 5.41) is 8.46. The monoisotopic (exact) mass is 402 g/mol. The second-order valence-corrected chi connectivity index (χ2v) is 8.33. The summed E-state index contributed by atoms with van der Waals surface area (Å²) < 4.78 is 24.7. The van der Waals surface area contributed by atoms with Gasteiger partial charge < -0.3 is 5.32 Å². The lowest BCUT2D eigenvalue weighted by Crippen LogP contribution is -2.16. The molecule has 0 saturated heterocycles. The summed E-state index contributed by atoms with van der Waals surface area (Å²) in [5.41, 5.74) is 2.47. The lowest BCUT2D eigenvalue weighted by molar-refractivity contribution is -0.113. The Morgan fingerprint density at radius 3 is 2.74 bits per heavy atom. The average Bonchev–Trinajstić information content (AvgIpc) is 3.08. The summed E-state index contributed by atoms with van der Waals surface area (Å²) in [6.07, 6.45) is 3.52. The van der Waals surface area contributed by atoms with E-state index in [1.165, 1.54) is 30.0 Å². The number of amides is 1. The van der Waals surface area contributed by atoms with Crippen LogP contribution >= 0.6 is 11.8 Å². The van der Waals surface area contributed by atoms with Crippen molar-refractivity contribution in [2.75, 3.05) is 11.1 Å². The number of carbonyl (C=O) groups excluding carboxylic acids is 1. The minimum atomic E-state index is -3.82. The molecular weight excluding hydrogens is 384 g/mol. The van der Waals surface area contributed by atoms with Gasteiger partial charge in [0.2, 0.25) is 15.9 Å². The van der Waals surface area contributed by atoms with Gasteiger partial charge in [-0.15, -0.1) is 0 Å². The van der Waals surface area contributed by atoms with Crippen LogP contribution in [0.5, 0.6) is 0 Å². The predicted molar refractivity (Wildman–Crippen MR) is 105 cm³/mol. The molecule has 0 aliphatic heterocycles. The molecule has 0 fully saturated rings. The Labute approximate surface area is 161 Å². The fourth-order valence-corrected chi connectivity index (χ4v) is 3.78. The van der Waals surface area contributed by atoms with Gasteiger partial charge in [0.05, 0.1) is 10.6 Å². The highest BCUT2D eigenvalue weighted by molar-refractivity contribution is 7.99. The van der Waals surface area contributed by atoms with E-state index in [2.05, 4.69) is 10.3 Å². The number of hydrogen-bond donors (Lipinski definition) is 2. The SMILES string of the molecule is Cc1cccc(-n2ccnc2SCC(=O)Nc2cccc(S(N)(=O)=O)c2)c1. The molecule has 0 aliphatic carbocycles. The molecule has 0 spiro atoms. The number of aromatic nitrogens is 2. The van der Waals surface area contributed by atoms with E-state index in [9.17, 15) is 13.2 Å². The normalized spacial score (nSPS) is 11.3. The molecule has 2 aromatic carbocycles. The molecular formula is C18H18N4O3S2. The van der Waals surface area contributed by atoms with E-state index >= 15 is 0 Å². The Bertz CT molecular complexity index is 1080. The van der Waals surface area contributed by atoms with Gasteiger partial charge in [-0.25, -0.2) is 18.5 Å². The van der Waals surface area contributed by atoms with E-state index in [4.69, 9.17) is 5.14 Å². The second-order valence-electron chi connectivity index (χ2n) is 5.83. The molecule has 0 unspecified atom stereocenters. The van der Waals surface area contributed by atoms with Crippen LogP contribution in [0.1, 0.15) is 5.56 Å². The number of imidazole rings is 1. The van der Waals surface area contributed by atoms with Gasteiger partial charge in [-0.05, 0) is 42.8 Å². The van der Waals surface area contributed by atoms with Crippen LogP contribution in [0, 0.1) is 6.92 Å². The Hall–Kier alpha value is -2.62. The number of anilines is 1. The van der Waals surface area contributed by atoms with E-state index < -0.39 is 10.0 Å². The number of aryl methyl sites for hydroxylation is 1. The highest BCUT2D eigenvalue weighted by Gasteiger charge is 2.12. The molecule has 1 heterocycles. The Kier molecular flexibility index (Phi) is 5.64. The second kappa shape index (κ2) is 7.95. The molecule has 1 aromatic heterocycles. The van der Waals surface area contributed by atoms with E-state index in [-0.39, 0.29) is 16.6 Å². The number of hydrogen-bond acceptors (Lipinski definition) is 5. The Morgan fingerprint density at radius 1 is 1.22 bits per heavy atom. The van der Waals surface area contributed by atoms with Gasteiger partial charge in [-0.1, -0.05) is 30.0 Å². The van der Waals surface area contributed by atoms with Crippen LogP contribution in [0.4, 0.5) is 5.69 Å². The minimum absolute atomic E-state index is 0.0528. The van der Waals surface area contributed by atoms with Crippen molar-refractivity contribution in [2.45, 2.75) is 17.0 Å². The summed E-state index contributed by atoms with van der Waals surface area (Å²) in [7, 11) is -3.82. The number of sulfonamides is 1. The fraction of sp³-hybridized carbons (Fsp3) is 0.111. The van der Waals surface area contributed by atoms with Crippen molar-refractivity contribution in [3.8, 4) is 5.69 Å². The molecule has 9 heteroatoms. The predicted octanol–water partition coefficient (Wildman–Crippen LogP) is 2.56. The van der Waals surface area contributed by atoms with E-state index in [1.54, 1.807) is 12.3 Å². The van der Waals surface area contributed by atoms with Crippen molar-refractivity contribution >= 4 is 33.4 Å². The van der Waals surface area contributed by atoms with Crippen molar-refractivity contribution < 1.29 is 13.2 Å². The third-order valence-corrected chi connectivity index (χ3v) is 5.54. The van der Waals surface area contributed by atoms with Crippen LogP contribution < -0.4 is 10.5 Å². The average molecular weight is 403 g/mol. The highest BCUT2D eigenvalue weighted by Crippen LogP contribution is 2.21. The van der Waals surface area contributed by atoms with Crippen LogP contribution in [0.3, 0.4) is 0 Å². The van der Waals surface area contributed by atoms with Crippen LogP contribution in [-0.2, 0) is 14.8 Å². The molecule has 0 aliphatic rings. The standard InChI is InChI=1S/C18H18N4O3S2/c1-13-4-2-6-15(10-13)22-9-8-20-18(22)26-12-17(23)21-14-5-3-7-16(11-14)27(19,24)25/h2-11H,12H2,1H3,(H,21,23)(H2,19,24,25). The molecule has 140 valence electrons. The molecule has 0 bridgehead atoms. The number of carbonyl (C=O) groups is 1. The van der Waals surface area contributed by atoms with Gasteiger partial charge in [0.1, 0.15) is 0 Å². The van der Waals surface area contributed by atoms with Gasteiger partial charge in [0, 0.05) is 23.8 Å². The van der Waals surface area contributed by atoms with Crippen molar-refractivity contribution in [1.82, 2.24) is 9.55 Å². The number of rotatable bonds is 6. The first-order valence-corrected chi connectivity index (χ1v) is 10.5. The third-order valence-electron chi connectivity index (χ3n) is 3.67. The first-order valence-electron chi connectivity index (χ1n) is 7.99. The third kappa shape index (κ3) is 4.97. The van der Waals surface area contributed by atoms with Gasteiger partial charge in [0.25, 0.3) is 0 Å². The Balaban J connectivity index is 1.67. The van der Waals surface area contributed by atoms with Crippen molar-refractivity contribution in [2.24, 2.45) is 5.14 Å². The summed E-state index contributed by atoms with van der Waals surface area (Å²) in [5.74, 6) is -0.145. The van der Waals surface area contributed by atoms with Gasteiger partial charge >= 0.3 is 0 Å². The maximum Gasteiger partial charge on any atom is 0.238 e. The molecule has 7 nitrogen and oxygen atoms in total. The first kappa shape index (κ1) is 19.2. The zero-order valence-corrected chi connectivity index (χ0v) is 16.1. The number of nitrogens with two attached hydrogens (primary N) is 1. The van der Waals surface area contributed by atoms with E-state index in [0.717, 1.165) is 11.3 Å². The van der Waals surface area contributed by atoms with Crippen LogP contribution in [0.15, 0.2) is 71.0 Å². The number of nitrogens with one attached hydrogen (secondary N) is 1. The van der Waals surface area contributed by atoms with Gasteiger partial charge in [-0.2, -0.15) is 0 Å². The van der Waals surface area contributed by atoms with Crippen molar-refractivity contribution in [3.63, 3.8) is 0 Å². The van der Waals surface area contributed by atoms with Gasteiger partial charge in [0.15, 0.2) is 5.16 Å². The van der Waals surface area contributed by atoms with E-state index in [0.29, 0.717) is 10.8 Å². The number of thioether (sulfide) groups is 1. The molecule has 0 atom stereocenters. The van der Waals surface area contributed by atoms with Crippen molar-refractivity contribution in [1.29, 1.82) is 0 Å². The number of nitrogens with zero attached hydrogens (tertiary/aromatic N) is 2. The molecule has 0 saturated carbocycles. The number of primary sulfonamides is 1. The molecule has 27 heavy (non-hydrogen) atoms. The van der Waals surface area contributed by atoms with Crippen LogP contribution in [-0.4, -0.2) is 29.6 Å². The van der Waals surface area contributed by atoms with Gasteiger partial charge in [-0.3, -0.25) is 9.36 Å². The summed E-state index contributed by atoms with van der Waals surface area (Å²) in [4.78, 5) is 16.5. The summed E-state index contributed by atoms with van der Waals surface area (Å²) in [6.45, 7) is 2.01. The lowest BCUT2D eigenvalue weighted by Gasteiger charge is -2.09. The summed E-state index contributed by atoms with van der Waals surface area (Å²) in [6, 6.07) is 13.8. The zero-order valence-electron chi connectivity index (χ0n) is 14.5. The topological polar surface area (TPSA) is 107 Å². The highest BCUT2D eigenvalue weighted by atomic mass is 32.2. The lowest BCUT2D eigenvalue weighted by atomic mass is 10.2. The number of benzene rings is 2. The molecule has 3 aromatic rings. The van der Waals surface area contributed by atoms with Crippen LogP contribution in [0.25, 0.3) is 5.69 Å². The smallest absolute Gasteiger partial charge is 0.238 e. The van der Waals surface area contributed by atoms with E-state index in [1.807, 2.05) is 42.0 Å². The zero-order chi connectivity index (χ0) is 19.4. The fourth-order valence-electron chi connectivity index (χ4n) is 2.45. The molecule has 0 radical (unpaired) electrons. The maximum atomic E-state index is 12.2. The largest absolute Gasteiger partial charge is 0.325 e.